The summed E-state index contributed by atoms with van der Waals surface area (Å²) < 4.78 is 29.1. The molecule has 0 atom stereocenters. The summed E-state index contributed by atoms with van der Waals surface area (Å²) in [5.74, 6) is -1.18. The van der Waals surface area contributed by atoms with Crippen molar-refractivity contribution in [3.63, 3.8) is 0 Å². The third-order valence-corrected chi connectivity index (χ3v) is 4.07. The molecule has 22 heavy (non-hydrogen) atoms. The van der Waals surface area contributed by atoms with Crippen molar-refractivity contribution < 1.29 is 8.78 Å². The molecule has 1 saturated heterocycles. The smallest absolute Gasteiger partial charge is 0.204 e. The van der Waals surface area contributed by atoms with Crippen molar-refractivity contribution in [3.8, 4) is 0 Å². The highest BCUT2D eigenvalue weighted by Crippen LogP contribution is 2.26. The maximum Gasteiger partial charge on any atom is 0.204 e. The van der Waals surface area contributed by atoms with Crippen molar-refractivity contribution in [1.29, 1.82) is 0 Å². The summed E-state index contributed by atoms with van der Waals surface area (Å²) in [6.45, 7) is 3.44. The van der Waals surface area contributed by atoms with Crippen LogP contribution in [0.15, 0.2) is 18.5 Å². The standard InChI is InChI=1S/C14H14F2N6/c1-20-4-6-21(7-5-20)13-14-19-17-8-22(14)12-10(18-13)3-2-9(15)11(12)16/h2-3,8H,4-7H2,1H3. The molecule has 3 aromatic rings. The molecule has 0 spiro atoms. The zero-order valence-corrected chi connectivity index (χ0v) is 12.0. The lowest BCUT2D eigenvalue weighted by atomic mass is 10.2. The van der Waals surface area contributed by atoms with Crippen molar-refractivity contribution >= 4 is 22.5 Å². The average molecular weight is 304 g/mol. The third kappa shape index (κ3) is 1.91. The lowest BCUT2D eigenvalue weighted by molar-refractivity contribution is 0.312. The fourth-order valence-electron chi connectivity index (χ4n) is 2.79. The molecule has 1 aliphatic rings. The Labute approximate surface area is 125 Å². The minimum absolute atomic E-state index is 0.0675. The van der Waals surface area contributed by atoms with E-state index in [1.54, 1.807) is 0 Å². The number of benzene rings is 1. The van der Waals surface area contributed by atoms with Crippen molar-refractivity contribution in [1.82, 2.24) is 24.5 Å². The molecular weight excluding hydrogens is 290 g/mol. The van der Waals surface area contributed by atoms with E-state index in [9.17, 15) is 8.78 Å². The second kappa shape index (κ2) is 4.84. The second-order valence-corrected chi connectivity index (χ2v) is 5.48. The lowest BCUT2D eigenvalue weighted by Crippen LogP contribution is -2.45. The first kappa shape index (κ1) is 13.3. The van der Waals surface area contributed by atoms with Gasteiger partial charge in [-0.25, -0.2) is 13.8 Å². The molecule has 8 heteroatoms. The maximum atomic E-state index is 14.1. The Hall–Kier alpha value is -2.35. The molecule has 1 aliphatic heterocycles. The molecule has 2 aromatic heterocycles. The molecule has 1 aromatic carbocycles. The molecule has 3 heterocycles. The van der Waals surface area contributed by atoms with E-state index in [4.69, 9.17) is 0 Å². The van der Waals surface area contributed by atoms with Gasteiger partial charge < -0.3 is 9.80 Å². The summed E-state index contributed by atoms with van der Waals surface area (Å²) in [7, 11) is 2.07. The molecule has 0 saturated carbocycles. The van der Waals surface area contributed by atoms with Crippen LogP contribution in [0.4, 0.5) is 14.6 Å². The highest BCUT2D eigenvalue weighted by atomic mass is 19.2. The van der Waals surface area contributed by atoms with Crippen LogP contribution in [0.3, 0.4) is 0 Å². The number of anilines is 1. The minimum atomic E-state index is -0.931. The van der Waals surface area contributed by atoms with Crippen LogP contribution in [0, 0.1) is 11.6 Å². The van der Waals surface area contributed by atoms with Crippen LogP contribution >= 0.6 is 0 Å². The predicted molar refractivity (Wildman–Crippen MR) is 77.9 cm³/mol. The zero-order chi connectivity index (χ0) is 15.3. The minimum Gasteiger partial charge on any atom is -0.351 e. The number of hydrogen-bond acceptors (Lipinski definition) is 5. The van der Waals surface area contributed by atoms with E-state index in [1.165, 1.54) is 16.8 Å². The van der Waals surface area contributed by atoms with Crippen molar-refractivity contribution in [2.75, 3.05) is 38.1 Å². The lowest BCUT2D eigenvalue weighted by Gasteiger charge is -2.33. The highest BCUT2D eigenvalue weighted by molar-refractivity contribution is 5.83. The van der Waals surface area contributed by atoms with E-state index in [0.717, 1.165) is 32.2 Å². The number of nitrogens with zero attached hydrogens (tertiary/aromatic N) is 6. The van der Waals surface area contributed by atoms with Gasteiger partial charge in [0.2, 0.25) is 5.65 Å². The van der Waals surface area contributed by atoms with Gasteiger partial charge in [-0.3, -0.25) is 4.40 Å². The van der Waals surface area contributed by atoms with Gasteiger partial charge in [0.05, 0.1) is 5.52 Å². The SMILES string of the molecule is CN1CCN(c2nc3ccc(F)c(F)c3n3cnnc23)CC1. The van der Waals surface area contributed by atoms with E-state index >= 15 is 0 Å². The van der Waals surface area contributed by atoms with Crippen LogP contribution in [0.1, 0.15) is 0 Å². The molecule has 0 unspecified atom stereocenters. The number of aromatic nitrogens is 4. The van der Waals surface area contributed by atoms with Crippen LogP contribution in [-0.2, 0) is 0 Å². The Balaban J connectivity index is 1.95. The number of halogens is 2. The Bertz CT molecular complexity index is 853. The molecule has 0 radical (unpaired) electrons. The normalized spacial score (nSPS) is 16.8. The Morgan fingerprint density at radius 3 is 2.64 bits per heavy atom. The van der Waals surface area contributed by atoms with E-state index in [1.807, 2.05) is 0 Å². The first-order chi connectivity index (χ1) is 10.6. The maximum absolute atomic E-state index is 14.1. The molecule has 0 aliphatic carbocycles. The largest absolute Gasteiger partial charge is 0.351 e. The second-order valence-electron chi connectivity index (χ2n) is 5.48. The van der Waals surface area contributed by atoms with Gasteiger partial charge in [-0.15, -0.1) is 10.2 Å². The molecule has 114 valence electrons. The van der Waals surface area contributed by atoms with Gasteiger partial charge in [-0.05, 0) is 19.2 Å². The highest BCUT2D eigenvalue weighted by Gasteiger charge is 2.22. The van der Waals surface area contributed by atoms with E-state index < -0.39 is 11.6 Å². The Morgan fingerprint density at radius 2 is 1.86 bits per heavy atom. The molecule has 0 amide bonds. The van der Waals surface area contributed by atoms with Crippen molar-refractivity contribution in [2.45, 2.75) is 0 Å². The number of likely N-dealkylation sites (N-methyl/N-ethyl adjacent to an activating group) is 1. The van der Waals surface area contributed by atoms with Crippen LogP contribution in [-0.4, -0.2) is 57.7 Å². The van der Waals surface area contributed by atoms with Gasteiger partial charge in [0.1, 0.15) is 11.8 Å². The summed E-state index contributed by atoms with van der Waals surface area (Å²) in [5, 5.41) is 7.88. The molecule has 0 N–H and O–H groups in total. The van der Waals surface area contributed by atoms with Crippen LogP contribution < -0.4 is 4.90 Å². The van der Waals surface area contributed by atoms with Gasteiger partial charge in [-0.1, -0.05) is 0 Å². The molecular formula is C14H14F2N6. The van der Waals surface area contributed by atoms with Gasteiger partial charge in [0.15, 0.2) is 17.5 Å². The predicted octanol–water partition coefficient (Wildman–Crippen LogP) is 1.31. The topological polar surface area (TPSA) is 49.6 Å². The molecule has 1 fully saturated rings. The summed E-state index contributed by atoms with van der Waals surface area (Å²) in [4.78, 5) is 8.84. The van der Waals surface area contributed by atoms with Gasteiger partial charge in [-0.2, -0.15) is 0 Å². The van der Waals surface area contributed by atoms with E-state index in [2.05, 4.69) is 32.0 Å². The average Bonchev–Trinajstić information content (AvgIpc) is 3.00. The van der Waals surface area contributed by atoms with Crippen molar-refractivity contribution in [2.24, 2.45) is 0 Å². The Kier molecular flexibility index (Phi) is 2.93. The molecule has 4 rings (SSSR count). The third-order valence-electron chi connectivity index (χ3n) is 4.07. The number of piperazine rings is 1. The summed E-state index contributed by atoms with van der Waals surface area (Å²) >= 11 is 0. The first-order valence-corrected chi connectivity index (χ1v) is 7.06. The number of rotatable bonds is 1. The first-order valence-electron chi connectivity index (χ1n) is 7.06. The fraction of sp³-hybridized carbons (Fsp3) is 0.357. The quantitative estimate of drug-likeness (QED) is 0.678. The molecule has 0 bridgehead atoms. The zero-order valence-electron chi connectivity index (χ0n) is 12.0. The van der Waals surface area contributed by atoms with Gasteiger partial charge >= 0.3 is 0 Å². The number of hydrogen-bond donors (Lipinski definition) is 0. The fourth-order valence-corrected chi connectivity index (χ4v) is 2.79. The number of fused-ring (bicyclic) bond motifs is 3. The van der Waals surface area contributed by atoms with Crippen LogP contribution in [0.25, 0.3) is 16.7 Å². The molecule has 6 nitrogen and oxygen atoms in total. The van der Waals surface area contributed by atoms with Gasteiger partial charge in [0, 0.05) is 26.2 Å². The van der Waals surface area contributed by atoms with Gasteiger partial charge in [0.25, 0.3) is 0 Å². The van der Waals surface area contributed by atoms with Crippen molar-refractivity contribution in [3.05, 3.63) is 30.1 Å². The Morgan fingerprint density at radius 1 is 1.09 bits per heavy atom. The monoisotopic (exact) mass is 304 g/mol. The summed E-state index contributed by atoms with van der Waals surface area (Å²) in [6, 6.07) is 2.57. The van der Waals surface area contributed by atoms with E-state index in [0.29, 0.717) is 17.0 Å². The summed E-state index contributed by atoms with van der Waals surface area (Å²) in [6.07, 6.45) is 1.39. The summed E-state index contributed by atoms with van der Waals surface area (Å²) in [5.41, 5.74) is 0.902. The van der Waals surface area contributed by atoms with Crippen LogP contribution in [0.5, 0.6) is 0 Å². The van der Waals surface area contributed by atoms with E-state index in [-0.39, 0.29) is 5.52 Å². The van der Waals surface area contributed by atoms with Crippen LogP contribution in [0.2, 0.25) is 0 Å².